The van der Waals surface area contributed by atoms with Crippen LogP contribution in [0.5, 0.6) is 0 Å². The second kappa shape index (κ2) is 10.7. The summed E-state index contributed by atoms with van der Waals surface area (Å²) in [7, 11) is 0. The van der Waals surface area contributed by atoms with E-state index in [0.717, 1.165) is 30.3 Å². The van der Waals surface area contributed by atoms with E-state index in [1.807, 2.05) is 18.2 Å². The molecule has 0 aromatic heterocycles. The van der Waals surface area contributed by atoms with Crippen molar-refractivity contribution >= 4 is 29.3 Å². The van der Waals surface area contributed by atoms with E-state index < -0.39 is 23.8 Å². The molecular formula is C28H32ClF2N3O3. The molecule has 1 spiro atoms. The summed E-state index contributed by atoms with van der Waals surface area (Å²) in [5, 5.41) is 26.2. The van der Waals surface area contributed by atoms with Gasteiger partial charge in [-0.2, -0.15) is 0 Å². The lowest BCUT2D eigenvalue weighted by molar-refractivity contribution is -0.128. The number of anilines is 1. The van der Waals surface area contributed by atoms with Crippen molar-refractivity contribution in [1.82, 2.24) is 9.80 Å². The second-order valence-electron chi connectivity index (χ2n) is 10.5. The molecule has 0 aliphatic carbocycles. The highest BCUT2D eigenvalue weighted by atomic mass is 35.5. The predicted octanol–water partition coefficient (Wildman–Crippen LogP) is 3.66. The zero-order chi connectivity index (χ0) is 26.2. The largest absolute Gasteiger partial charge is 0.392 e. The quantitative estimate of drug-likeness (QED) is 0.513. The fourth-order valence-electron chi connectivity index (χ4n) is 6.03. The summed E-state index contributed by atoms with van der Waals surface area (Å²) in [6, 6.07) is 8.92. The van der Waals surface area contributed by atoms with E-state index in [1.165, 1.54) is 24.3 Å². The molecule has 3 heterocycles. The predicted molar refractivity (Wildman–Crippen MR) is 139 cm³/mol. The highest BCUT2D eigenvalue weighted by Crippen LogP contribution is 2.45. The molecule has 1 amide bonds. The van der Waals surface area contributed by atoms with Gasteiger partial charge in [0.05, 0.1) is 12.2 Å². The van der Waals surface area contributed by atoms with Crippen molar-refractivity contribution in [2.24, 2.45) is 5.92 Å². The summed E-state index contributed by atoms with van der Waals surface area (Å²) in [4.78, 5) is 16.4. The van der Waals surface area contributed by atoms with E-state index in [4.69, 9.17) is 11.6 Å². The van der Waals surface area contributed by atoms with Crippen LogP contribution in [0.3, 0.4) is 0 Å². The lowest BCUT2D eigenvalue weighted by atomic mass is 9.72. The van der Waals surface area contributed by atoms with Crippen molar-refractivity contribution < 1.29 is 23.8 Å². The Balaban J connectivity index is 1.11. The number of aliphatic hydroxyl groups is 2. The number of nitrogens with one attached hydrogen (secondary N) is 1. The maximum atomic E-state index is 13.3. The number of carbonyl (C=O) groups is 1. The number of hydrogen-bond acceptors (Lipinski definition) is 5. The molecule has 0 saturated carbocycles. The first kappa shape index (κ1) is 26.1. The standard InChI is InChI=1S/C28H32ClF2N3O3/c29-20-2-3-23-24(13-20)32-17-28(23)7-10-33(16-26(28)36)15-25(35)19-5-8-34(9-6-19)27(37)4-1-18-11-21(30)14-22(31)12-18/h1-4,11-14,19,25-26,32,35-36H,5-10,15-17H2. The van der Waals surface area contributed by atoms with Crippen molar-refractivity contribution in [2.75, 3.05) is 44.6 Å². The third-order valence-electron chi connectivity index (χ3n) is 8.20. The van der Waals surface area contributed by atoms with E-state index in [1.54, 1.807) is 4.90 Å². The molecular weight excluding hydrogens is 500 g/mol. The van der Waals surface area contributed by atoms with Gasteiger partial charge in [0.2, 0.25) is 5.91 Å². The van der Waals surface area contributed by atoms with Gasteiger partial charge < -0.3 is 20.4 Å². The number of fused-ring (bicyclic) bond motifs is 2. The number of halogens is 3. The van der Waals surface area contributed by atoms with Crippen LogP contribution in [0.25, 0.3) is 6.08 Å². The number of aliphatic hydroxyl groups excluding tert-OH is 2. The molecule has 2 aromatic carbocycles. The number of likely N-dealkylation sites (tertiary alicyclic amines) is 2. The molecule has 3 N–H and O–H groups in total. The summed E-state index contributed by atoms with van der Waals surface area (Å²) in [5.74, 6) is -1.52. The van der Waals surface area contributed by atoms with Crippen LogP contribution in [0.1, 0.15) is 30.4 Å². The van der Waals surface area contributed by atoms with E-state index in [9.17, 15) is 23.8 Å². The van der Waals surface area contributed by atoms with Crippen molar-refractivity contribution in [3.8, 4) is 0 Å². The van der Waals surface area contributed by atoms with Gasteiger partial charge >= 0.3 is 0 Å². The summed E-state index contributed by atoms with van der Waals surface area (Å²) in [6.07, 6.45) is 3.79. The molecule has 3 aliphatic heterocycles. The lowest BCUT2D eigenvalue weighted by Crippen LogP contribution is -2.56. The first-order valence-electron chi connectivity index (χ1n) is 12.8. The Morgan fingerprint density at radius 2 is 1.89 bits per heavy atom. The monoisotopic (exact) mass is 531 g/mol. The molecule has 5 rings (SSSR count). The van der Waals surface area contributed by atoms with Crippen LogP contribution in [-0.4, -0.2) is 77.4 Å². The minimum Gasteiger partial charge on any atom is -0.392 e. The van der Waals surface area contributed by atoms with Gasteiger partial charge in [-0.15, -0.1) is 0 Å². The maximum absolute atomic E-state index is 13.3. The first-order valence-corrected chi connectivity index (χ1v) is 13.2. The average Bonchev–Trinajstić information content (AvgIpc) is 3.23. The van der Waals surface area contributed by atoms with Gasteiger partial charge in [-0.05, 0) is 73.2 Å². The Kier molecular flexibility index (Phi) is 7.54. The van der Waals surface area contributed by atoms with Gasteiger partial charge in [-0.3, -0.25) is 9.69 Å². The van der Waals surface area contributed by atoms with E-state index in [2.05, 4.69) is 10.2 Å². The number of benzene rings is 2. The van der Waals surface area contributed by atoms with Crippen molar-refractivity contribution in [3.05, 3.63) is 70.3 Å². The normalized spacial score (nSPS) is 25.4. The molecule has 0 bridgehead atoms. The number of amides is 1. The fourth-order valence-corrected chi connectivity index (χ4v) is 6.20. The zero-order valence-electron chi connectivity index (χ0n) is 20.5. The molecule has 2 saturated heterocycles. The number of piperidine rings is 2. The van der Waals surface area contributed by atoms with Gasteiger partial charge in [-0.1, -0.05) is 17.7 Å². The molecule has 37 heavy (non-hydrogen) atoms. The summed E-state index contributed by atoms with van der Waals surface area (Å²) >= 11 is 6.13. The number of carbonyl (C=O) groups excluding carboxylic acids is 1. The Labute approximate surface area is 220 Å². The minimum atomic E-state index is -0.687. The van der Waals surface area contributed by atoms with Crippen LogP contribution in [0, 0.1) is 17.6 Å². The lowest BCUT2D eigenvalue weighted by Gasteiger charge is -2.44. The van der Waals surface area contributed by atoms with Crippen LogP contribution < -0.4 is 5.32 Å². The van der Waals surface area contributed by atoms with Crippen molar-refractivity contribution in [3.63, 3.8) is 0 Å². The minimum absolute atomic E-state index is 0.0642. The molecule has 3 atom stereocenters. The fraction of sp³-hybridized carbons (Fsp3) is 0.464. The summed E-state index contributed by atoms with van der Waals surface area (Å²) < 4.78 is 26.7. The Hall–Kier alpha value is -2.52. The van der Waals surface area contributed by atoms with Gasteiger partial charge in [0.15, 0.2) is 0 Å². The Bertz CT molecular complexity index is 1170. The topological polar surface area (TPSA) is 76.0 Å². The van der Waals surface area contributed by atoms with Crippen LogP contribution in [-0.2, 0) is 10.2 Å². The molecule has 2 aromatic rings. The zero-order valence-corrected chi connectivity index (χ0v) is 21.3. The molecule has 198 valence electrons. The number of hydrogen-bond donors (Lipinski definition) is 3. The first-order chi connectivity index (χ1) is 17.7. The van der Waals surface area contributed by atoms with Crippen LogP contribution >= 0.6 is 11.6 Å². The highest BCUT2D eigenvalue weighted by molar-refractivity contribution is 6.30. The van der Waals surface area contributed by atoms with E-state index in [0.29, 0.717) is 56.2 Å². The third kappa shape index (κ3) is 5.53. The van der Waals surface area contributed by atoms with Crippen molar-refractivity contribution in [2.45, 2.75) is 36.9 Å². The summed E-state index contributed by atoms with van der Waals surface area (Å²) in [6.45, 7) is 3.45. The SMILES string of the molecule is O=C(C=Cc1cc(F)cc(F)c1)N1CCC(C(O)CN2CCC3(CNc4cc(Cl)ccc43)C(O)C2)CC1. The highest BCUT2D eigenvalue weighted by Gasteiger charge is 2.48. The molecule has 2 fully saturated rings. The molecule has 0 radical (unpaired) electrons. The van der Waals surface area contributed by atoms with Crippen LogP contribution in [0.4, 0.5) is 14.5 Å². The van der Waals surface area contributed by atoms with Crippen LogP contribution in [0.2, 0.25) is 5.02 Å². The number of β-amino-alcohol motifs (C(OH)–C–C–N with tert-alkyl or cyclic N) is 2. The van der Waals surface area contributed by atoms with Gasteiger partial charge in [0.1, 0.15) is 11.6 Å². The van der Waals surface area contributed by atoms with Crippen molar-refractivity contribution in [1.29, 1.82) is 0 Å². The molecule has 6 nitrogen and oxygen atoms in total. The van der Waals surface area contributed by atoms with Crippen LogP contribution in [0.15, 0.2) is 42.5 Å². The van der Waals surface area contributed by atoms with E-state index in [-0.39, 0.29) is 17.2 Å². The van der Waals surface area contributed by atoms with Gasteiger partial charge in [0.25, 0.3) is 0 Å². The van der Waals surface area contributed by atoms with E-state index >= 15 is 0 Å². The Morgan fingerprint density at radius 3 is 2.59 bits per heavy atom. The molecule has 3 aliphatic rings. The number of rotatable bonds is 5. The van der Waals surface area contributed by atoms with Gasteiger partial charge in [-0.25, -0.2) is 8.78 Å². The smallest absolute Gasteiger partial charge is 0.246 e. The van der Waals surface area contributed by atoms with Gasteiger partial charge in [0, 0.05) is 61.0 Å². The molecule has 3 unspecified atom stereocenters. The summed E-state index contributed by atoms with van der Waals surface area (Å²) in [5.41, 5.74) is 2.05. The second-order valence-corrected chi connectivity index (χ2v) is 10.9. The maximum Gasteiger partial charge on any atom is 0.246 e. The number of nitrogens with zero attached hydrogens (tertiary/aromatic N) is 2. The Morgan fingerprint density at radius 1 is 1.16 bits per heavy atom. The third-order valence-corrected chi connectivity index (χ3v) is 8.43. The average molecular weight is 532 g/mol. The molecule has 9 heteroatoms.